The molecule has 32 heavy (non-hydrogen) atoms. The van der Waals surface area contributed by atoms with Crippen molar-refractivity contribution in [1.29, 1.82) is 0 Å². The Kier molecular flexibility index (Phi) is 11.6. The summed E-state index contributed by atoms with van der Waals surface area (Å²) in [5.41, 5.74) is 1.33. The van der Waals surface area contributed by atoms with Gasteiger partial charge in [0.25, 0.3) is 0 Å². The van der Waals surface area contributed by atoms with Gasteiger partial charge in [0.05, 0.1) is 25.3 Å². The van der Waals surface area contributed by atoms with E-state index in [1.54, 1.807) is 0 Å². The van der Waals surface area contributed by atoms with Gasteiger partial charge >= 0.3 is 6.09 Å². The molecule has 1 heterocycles. The smallest absolute Gasteiger partial charge is 0.408 e. The number of ether oxygens (including phenoxy) is 2. The lowest BCUT2D eigenvalue weighted by Crippen LogP contribution is -2.54. The zero-order valence-corrected chi connectivity index (χ0v) is 22.6. The van der Waals surface area contributed by atoms with E-state index < -0.39 is 17.2 Å². The Morgan fingerprint density at radius 1 is 1.09 bits per heavy atom. The maximum absolute atomic E-state index is 12.1. The molecule has 0 saturated carbocycles. The van der Waals surface area contributed by atoms with Crippen LogP contribution in [-0.4, -0.2) is 62.6 Å². The van der Waals surface area contributed by atoms with Crippen molar-refractivity contribution in [3.05, 3.63) is 29.8 Å². The lowest BCUT2D eigenvalue weighted by Gasteiger charge is -2.29. The molecule has 9 heteroatoms. The maximum Gasteiger partial charge on any atom is 0.408 e. The van der Waals surface area contributed by atoms with Crippen molar-refractivity contribution >= 4 is 41.7 Å². The van der Waals surface area contributed by atoms with Crippen molar-refractivity contribution in [3.63, 3.8) is 0 Å². The summed E-state index contributed by atoms with van der Waals surface area (Å²) in [6.45, 7) is 16.7. The maximum atomic E-state index is 12.1. The van der Waals surface area contributed by atoms with Crippen molar-refractivity contribution in [3.8, 4) is 0 Å². The van der Waals surface area contributed by atoms with E-state index in [0.29, 0.717) is 19.0 Å². The third-order valence-corrected chi connectivity index (χ3v) is 4.61. The van der Waals surface area contributed by atoms with E-state index >= 15 is 0 Å². The molecule has 0 radical (unpaired) electrons. The monoisotopic (exact) mass is 561 g/mol. The summed E-state index contributed by atoms with van der Waals surface area (Å²) >= 11 is 0. The summed E-state index contributed by atoms with van der Waals surface area (Å²) in [6, 6.07) is 8.52. The molecule has 1 aromatic rings. The fourth-order valence-electron chi connectivity index (χ4n) is 3.07. The van der Waals surface area contributed by atoms with Crippen LogP contribution >= 0.6 is 24.0 Å². The van der Waals surface area contributed by atoms with Crippen LogP contribution in [-0.2, 0) is 16.0 Å². The van der Waals surface area contributed by atoms with Crippen molar-refractivity contribution in [2.45, 2.75) is 59.2 Å². The van der Waals surface area contributed by atoms with Gasteiger partial charge < -0.3 is 30.3 Å². The van der Waals surface area contributed by atoms with Crippen LogP contribution in [0.1, 0.15) is 47.1 Å². The summed E-state index contributed by atoms with van der Waals surface area (Å²) in [5, 5.41) is 9.46. The van der Waals surface area contributed by atoms with Crippen molar-refractivity contribution in [2.75, 3.05) is 44.3 Å². The largest absolute Gasteiger partial charge is 0.444 e. The molecule has 1 aliphatic heterocycles. The fourth-order valence-corrected chi connectivity index (χ4v) is 3.07. The van der Waals surface area contributed by atoms with Crippen LogP contribution in [0, 0.1) is 0 Å². The molecule has 1 aromatic carbocycles. The number of benzene rings is 1. The number of rotatable bonds is 7. The molecule has 1 aliphatic rings. The number of anilines is 1. The van der Waals surface area contributed by atoms with Gasteiger partial charge in [-0.2, -0.15) is 0 Å². The predicted molar refractivity (Wildman–Crippen MR) is 141 cm³/mol. The Morgan fingerprint density at radius 2 is 1.72 bits per heavy atom. The number of hydrogen-bond donors (Lipinski definition) is 3. The average molecular weight is 562 g/mol. The minimum absolute atomic E-state index is 0. The van der Waals surface area contributed by atoms with Gasteiger partial charge in [-0.25, -0.2) is 9.79 Å². The number of nitrogens with zero attached hydrogens (tertiary/aromatic N) is 2. The predicted octanol–water partition coefficient (Wildman–Crippen LogP) is 3.50. The molecule has 0 bridgehead atoms. The molecule has 1 saturated heterocycles. The van der Waals surface area contributed by atoms with Gasteiger partial charge in [-0.1, -0.05) is 12.1 Å². The summed E-state index contributed by atoms with van der Waals surface area (Å²) < 4.78 is 10.8. The normalized spacial score (nSPS) is 14.9. The second kappa shape index (κ2) is 13.1. The third kappa shape index (κ3) is 10.7. The Balaban J connectivity index is 0.00000512. The highest BCUT2D eigenvalue weighted by molar-refractivity contribution is 14.0. The Bertz CT molecular complexity index is 726. The summed E-state index contributed by atoms with van der Waals surface area (Å²) in [5.74, 6) is 0.707. The molecule has 0 unspecified atom stereocenters. The van der Waals surface area contributed by atoms with Crippen LogP contribution in [0.5, 0.6) is 0 Å². The van der Waals surface area contributed by atoms with Gasteiger partial charge in [0, 0.05) is 31.9 Å². The van der Waals surface area contributed by atoms with Crippen LogP contribution in [0.4, 0.5) is 10.5 Å². The Labute approximate surface area is 209 Å². The molecule has 2 rings (SSSR count). The van der Waals surface area contributed by atoms with E-state index in [-0.39, 0.29) is 24.0 Å². The number of carbonyl (C=O) groups is 1. The number of guanidine groups is 1. The van der Waals surface area contributed by atoms with Crippen molar-refractivity contribution in [1.82, 2.24) is 16.0 Å². The number of carbonyl (C=O) groups excluding carboxylic acids is 1. The Morgan fingerprint density at radius 3 is 2.28 bits per heavy atom. The summed E-state index contributed by atoms with van der Waals surface area (Å²) in [4.78, 5) is 19.1. The molecular formula is C23H40IN5O3. The van der Waals surface area contributed by atoms with Crippen LogP contribution in [0.15, 0.2) is 29.3 Å². The molecule has 3 N–H and O–H groups in total. The molecule has 0 spiro atoms. The number of alkyl carbamates (subject to hydrolysis) is 1. The molecule has 1 amide bonds. The molecule has 0 aliphatic carbocycles. The number of amides is 1. The first-order chi connectivity index (χ1) is 14.6. The van der Waals surface area contributed by atoms with Crippen LogP contribution < -0.4 is 20.9 Å². The molecule has 8 nitrogen and oxygen atoms in total. The van der Waals surface area contributed by atoms with E-state index in [1.807, 2.05) is 41.5 Å². The first-order valence-corrected chi connectivity index (χ1v) is 11.0. The highest BCUT2D eigenvalue weighted by Gasteiger charge is 2.24. The number of aliphatic imine (C=N–C) groups is 1. The first-order valence-electron chi connectivity index (χ1n) is 11.0. The topological polar surface area (TPSA) is 87.2 Å². The highest BCUT2D eigenvalue weighted by Crippen LogP contribution is 2.17. The minimum atomic E-state index is -0.526. The number of hydrogen-bond acceptors (Lipinski definition) is 5. The first kappa shape index (κ1) is 28.3. The number of halogens is 1. The van der Waals surface area contributed by atoms with Crippen LogP contribution in [0.3, 0.4) is 0 Å². The van der Waals surface area contributed by atoms with E-state index in [4.69, 9.17) is 9.47 Å². The van der Waals surface area contributed by atoms with Gasteiger partial charge in [0.2, 0.25) is 0 Å². The zero-order chi connectivity index (χ0) is 22.9. The molecule has 1 fully saturated rings. The average Bonchev–Trinajstić information content (AvgIpc) is 2.69. The molecule has 182 valence electrons. The lowest BCUT2D eigenvalue weighted by molar-refractivity contribution is 0.0474. The van der Waals surface area contributed by atoms with Gasteiger partial charge in [-0.05, 0) is 59.2 Å². The summed E-state index contributed by atoms with van der Waals surface area (Å²) in [7, 11) is 0. The summed E-state index contributed by atoms with van der Waals surface area (Å²) in [6.07, 6.45) is -0.429. The third-order valence-electron chi connectivity index (χ3n) is 4.61. The van der Waals surface area contributed by atoms with Crippen molar-refractivity contribution in [2.24, 2.45) is 4.99 Å². The van der Waals surface area contributed by atoms with E-state index in [1.165, 1.54) is 5.69 Å². The fraction of sp³-hybridized carbons (Fsp3) is 0.652. The zero-order valence-electron chi connectivity index (χ0n) is 20.3. The lowest BCUT2D eigenvalue weighted by atomic mass is 10.1. The second-order valence-electron chi connectivity index (χ2n) is 9.33. The minimum Gasteiger partial charge on any atom is -0.444 e. The van der Waals surface area contributed by atoms with E-state index in [2.05, 4.69) is 50.1 Å². The SMILES string of the molecule is CCNC(=NCc1ccc(N2CCOCC2)cc1)NCC(C)(C)NC(=O)OC(C)(C)C.I. The number of nitrogens with one attached hydrogen (secondary N) is 3. The number of morpholine rings is 1. The second-order valence-corrected chi connectivity index (χ2v) is 9.33. The van der Waals surface area contributed by atoms with E-state index in [0.717, 1.165) is 38.4 Å². The van der Waals surface area contributed by atoms with Crippen LogP contribution in [0.2, 0.25) is 0 Å². The highest BCUT2D eigenvalue weighted by atomic mass is 127. The van der Waals surface area contributed by atoms with Gasteiger partial charge in [0.1, 0.15) is 5.60 Å². The van der Waals surface area contributed by atoms with Gasteiger partial charge in [-0.15, -0.1) is 24.0 Å². The van der Waals surface area contributed by atoms with Crippen molar-refractivity contribution < 1.29 is 14.3 Å². The standard InChI is InChI=1S/C23H39N5O3.HI/c1-7-24-20(26-17-23(5,6)27-21(29)31-22(2,3)4)25-16-18-8-10-19(11-9-18)28-12-14-30-15-13-28;/h8-11H,7,12-17H2,1-6H3,(H,27,29)(H2,24,25,26);1H. The quantitative estimate of drug-likeness (QED) is 0.269. The van der Waals surface area contributed by atoms with Gasteiger partial charge in [-0.3, -0.25) is 0 Å². The molecule has 0 atom stereocenters. The Hall–Kier alpha value is -1.75. The van der Waals surface area contributed by atoms with Gasteiger partial charge in [0.15, 0.2) is 5.96 Å². The molecule has 0 aromatic heterocycles. The van der Waals surface area contributed by atoms with E-state index in [9.17, 15) is 4.79 Å². The van der Waals surface area contributed by atoms with Crippen LogP contribution in [0.25, 0.3) is 0 Å². The molecular weight excluding hydrogens is 521 g/mol.